The van der Waals surface area contributed by atoms with Crippen molar-refractivity contribution in [2.75, 3.05) is 11.9 Å². The molecule has 2 aromatic rings. The lowest BCUT2D eigenvalue weighted by Gasteiger charge is -2.13. The van der Waals surface area contributed by atoms with Gasteiger partial charge in [-0.05, 0) is 26.0 Å². The third-order valence-electron chi connectivity index (χ3n) is 2.94. The van der Waals surface area contributed by atoms with E-state index < -0.39 is 11.9 Å². The number of thiazole rings is 1. The molecule has 0 fully saturated rings. The number of aromatic nitrogens is 1. The first kappa shape index (κ1) is 16.0. The van der Waals surface area contributed by atoms with Crippen molar-refractivity contribution in [2.24, 2.45) is 0 Å². The summed E-state index contributed by atoms with van der Waals surface area (Å²) in [7, 11) is 0. The molecule has 1 aromatic carbocycles. The lowest BCUT2D eigenvalue weighted by molar-refractivity contribution is -0.255. The van der Waals surface area contributed by atoms with Crippen molar-refractivity contribution in [2.45, 2.75) is 19.8 Å². The van der Waals surface area contributed by atoms with E-state index >= 15 is 0 Å². The maximum atomic E-state index is 12.3. The number of aromatic carboxylic acids is 1. The number of para-hydroxylation sites is 2. The Hall–Kier alpha value is -2.41. The number of carboxylic acid groups (broad SMARTS) is 1. The summed E-state index contributed by atoms with van der Waals surface area (Å²) in [6.07, 6.45) is 0. The number of ether oxygens (including phenoxy) is 1. The number of carbonyl (C=O) groups excluding carboxylic acids is 2. The van der Waals surface area contributed by atoms with Gasteiger partial charge in [-0.3, -0.25) is 4.79 Å². The lowest BCUT2D eigenvalue weighted by atomic mass is 10.1. The minimum atomic E-state index is -1.35. The molecule has 0 spiro atoms. The largest absolute Gasteiger partial charge is 0.543 e. The molecule has 0 bridgehead atoms. The Labute approximate surface area is 131 Å². The number of amides is 1. The highest BCUT2D eigenvalue weighted by molar-refractivity contribution is 7.10. The highest BCUT2D eigenvalue weighted by Gasteiger charge is 2.20. The zero-order chi connectivity index (χ0) is 16.1. The Balaban J connectivity index is 2.12. The van der Waals surface area contributed by atoms with Gasteiger partial charge in [-0.15, -0.1) is 11.3 Å². The van der Waals surface area contributed by atoms with E-state index in [0.29, 0.717) is 23.1 Å². The Morgan fingerprint density at radius 2 is 2.14 bits per heavy atom. The number of benzene rings is 1. The van der Waals surface area contributed by atoms with Crippen molar-refractivity contribution >= 4 is 28.9 Å². The molecule has 1 aromatic heterocycles. The molecule has 0 saturated heterocycles. The highest BCUT2D eigenvalue weighted by Crippen LogP contribution is 2.26. The molecule has 6 nitrogen and oxygen atoms in total. The first-order valence-corrected chi connectivity index (χ1v) is 7.60. The van der Waals surface area contributed by atoms with E-state index in [2.05, 4.69) is 10.3 Å². The van der Waals surface area contributed by atoms with Crippen molar-refractivity contribution in [3.8, 4) is 5.75 Å². The molecular formula is C15H15N2O4S-. The van der Waals surface area contributed by atoms with Crippen LogP contribution in [0.15, 0.2) is 29.6 Å². The second-order valence-electron chi connectivity index (χ2n) is 4.50. The van der Waals surface area contributed by atoms with Gasteiger partial charge >= 0.3 is 0 Å². The van der Waals surface area contributed by atoms with Crippen LogP contribution in [-0.4, -0.2) is 23.5 Å². The second-order valence-corrected chi connectivity index (χ2v) is 5.39. The smallest absolute Gasteiger partial charge is 0.234 e. The van der Waals surface area contributed by atoms with Crippen LogP contribution in [0.1, 0.15) is 35.3 Å². The molecule has 0 saturated carbocycles. The lowest BCUT2D eigenvalue weighted by Crippen LogP contribution is -2.23. The maximum absolute atomic E-state index is 12.3. The number of anilines is 1. The summed E-state index contributed by atoms with van der Waals surface area (Å²) in [5.41, 5.74) is 0.409. The van der Waals surface area contributed by atoms with Crippen molar-refractivity contribution in [1.29, 1.82) is 0 Å². The molecule has 2 rings (SSSR count). The Bertz CT molecular complexity index is 684. The minimum Gasteiger partial charge on any atom is -0.543 e. The topological polar surface area (TPSA) is 91.3 Å². The molecule has 1 atom stereocenters. The van der Waals surface area contributed by atoms with E-state index in [0.717, 1.165) is 11.3 Å². The molecule has 0 aliphatic heterocycles. The fourth-order valence-electron chi connectivity index (χ4n) is 1.78. The number of hydrogen-bond donors (Lipinski definition) is 1. The quantitative estimate of drug-likeness (QED) is 0.874. The summed E-state index contributed by atoms with van der Waals surface area (Å²) < 4.78 is 5.45. The number of carbonyl (C=O) groups is 2. The molecule has 1 heterocycles. The Morgan fingerprint density at radius 3 is 2.77 bits per heavy atom. The number of carboxylic acids is 1. The predicted molar refractivity (Wildman–Crippen MR) is 81.1 cm³/mol. The fraction of sp³-hybridized carbons (Fsp3) is 0.267. The number of nitrogens with zero attached hydrogens (tertiary/aromatic N) is 1. The summed E-state index contributed by atoms with van der Waals surface area (Å²) in [4.78, 5) is 26.9. The van der Waals surface area contributed by atoms with Crippen LogP contribution in [0.25, 0.3) is 0 Å². The first-order chi connectivity index (χ1) is 10.5. The van der Waals surface area contributed by atoms with Crippen LogP contribution in [0.2, 0.25) is 0 Å². The summed E-state index contributed by atoms with van der Waals surface area (Å²) in [6, 6.07) is 7.11. The summed E-state index contributed by atoms with van der Waals surface area (Å²) >= 11 is 1.12. The molecule has 0 radical (unpaired) electrons. The van der Waals surface area contributed by atoms with Crippen molar-refractivity contribution in [3.05, 3.63) is 40.3 Å². The van der Waals surface area contributed by atoms with Crippen LogP contribution in [0, 0.1) is 0 Å². The monoisotopic (exact) mass is 319 g/mol. The van der Waals surface area contributed by atoms with Gasteiger partial charge in [0, 0.05) is 5.38 Å². The predicted octanol–water partition coefficient (Wildman–Crippen LogP) is 1.65. The van der Waals surface area contributed by atoms with E-state index in [1.807, 2.05) is 13.0 Å². The SMILES string of the molecule is CCOc1ccccc1NC(=O)[C@H](C)c1nc(C(=O)[O-])cs1. The normalized spacial score (nSPS) is 11.7. The van der Waals surface area contributed by atoms with Crippen LogP contribution < -0.4 is 15.2 Å². The number of hydrogen-bond acceptors (Lipinski definition) is 6. The van der Waals surface area contributed by atoms with Crippen LogP contribution in [0.4, 0.5) is 5.69 Å². The van der Waals surface area contributed by atoms with Gasteiger partial charge in [0.25, 0.3) is 0 Å². The molecule has 22 heavy (non-hydrogen) atoms. The van der Waals surface area contributed by atoms with Crippen molar-refractivity contribution < 1.29 is 19.4 Å². The van der Waals surface area contributed by atoms with Gasteiger partial charge in [-0.25, -0.2) is 4.98 Å². The van der Waals surface area contributed by atoms with Gasteiger partial charge in [0.1, 0.15) is 10.8 Å². The van der Waals surface area contributed by atoms with Gasteiger partial charge in [0.05, 0.1) is 29.9 Å². The first-order valence-electron chi connectivity index (χ1n) is 6.72. The molecule has 0 aliphatic rings. The third-order valence-corrected chi connectivity index (χ3v) is 3.97. The van der Waals surface area contributed by atoms with Crippen LogP contribution in [-0.2, 0) is 4.79 Å². The third kappa shape index (κ3) is 3.62. The van der Waals surface area contributed by atoms with E-state index in [4.69, 9.17) is 4.74 Å². The molecule has 0 unspecified atom stereocenters. The van der Waals surface area contributed by atoms with Crippen molar-refractivity contribution in [3.63, 3.8) is 0 Å². The fourth-order valence-corrected chi connectivity index (χ4v) is 2.63. The van der Waals surface area contributed by atoms with Gasteiger partial charge in [0.15, 0.2) is 0 Å². The van der Waals surface area contributed by atoms with Crippen LogP contribution in [0.3, 0.4) is 0 Å². The average molecular weight is 319 g/mol. The second kappa shape index (κ2) is 7.04. The molecule has 0 aliphatic carbocycles. The minimum absolute atomic E-state index is 0.158. The molecule has 1 N–H and O–H groups in total. The standard InChI is InChI=1S/C15H16N2O4S/c1-3-21-12-7-5-4-6-10(12)16-13(18)9(2)14-17-11(8-22-14)15(19)20/h4-9H,3H2,1-2H3,(H,16,18)(H,19,20)/p-1/t9-/m0/s1. The number of rotatable bonds is 6. The van der Waals surface area contributed by atoms with Crippen molar-refractivity contribution in [1.82, 2.24) is 4.98 Å². The van der Waals surface area contributed by atoms with Gasteiger partial charge in [-0.2, -0.15) is 0 Å². The Kier molecular flexibility index (Phi) is 5.11. The Morgan fingerprint density at radius 1 is 1.41 bits per heavy atom. The molecule has 1 amide bonds. The summed E-state index contributed by atoms with van der Waals surface area (Å²) in [6.45, 7) is 4.01. The van der Waals surface area contributed by atoms with E-state index in [1.165, 1.54) is 5.38 Å². The zero-order valence-corrected chi connectivity index (χ0v) is 13.0. The molecule has 7 heteroatoms. The zero-order valence-electron chi connectivity index (χ0n) is 12.2. The van der Waals surface area contributed by atoms with Crippen LogP contribution >= 0.6 is 11.3 Å². The molecule has 116 valence electrons. The van der Waals surface area contributed by atoms with Gasteiger partial charge in [-0.1, -0.05) is 12.1 Å². The number of nitrogens with one attached hydrogen (secondary N) is 1. The average Bonchev–Trinajstić information content (AvgIpc) is 2.98. The van der Waals surface area contributed by atoms with Gasteiger partial charge in [0.2, 0.25) is 5.91 Å². The van der Waals surface area contributed by atoms with E-state index in [9.17, 15) is 14.7 Å². The van der Waals surface area contributed by atoms with Gasteiger partial charge < -0.3 is 20.0 Å². The summed E-state index contributed by atoms with van der Waals surface area (Å²) in [5.74, 6) is -1.63. The van der Waals surface area contributed by atoms with Crippen LogP contribution in [0.5, 0.6) is 5.75 Å². The summed E-state index contributed by atoms with van der Waals surface area (Å²) in [5, 5.41) is 15.3. The maximum Gasteiger partial charge on any atom is 0.234 e. The van der Waals surface area contributed by atoms with E-state index in [1.54, 1.807) is 25.1 Å². The molecular weight excluding hydrogens is 304 g/mol. The van der Waals surface area contributed by atoms with E-state index in [-0.39, 0.29) is 11.6 Å². The highest BCUT2D eigenvalue weighted by atomic mass is 32.1.